The number of rotatable bonds is 2. The Kier molecular flexibility index (Phi) is 6.21. The van der Waals surface area contributed by atoms with Gasteiger partial charge in [0.2, 0.25) is 0 Å². The van der Waals surface area contributed by atoms with Gasteiger partial charge in [-0.2, -0.15) is 5.26 Å². The highest BCUT2D eigenvalue weighted by molar-refractivity contribution is 5.62. The van der Waals surface area contributed by atoms with Gasteiger partial charge in [-0.05, 0) is 17.5 Å². The van der Waals surface area contributed by atoms with E-state index in [-0.39, 0.29) is 0 Å². The van der Waals surface area contributed by atoms with Crippen molar-refractivity contribution in [2.75, 3.05) is 0 Å². The van der Waals surface area contributed by atoms with Crippen LogP contribution in [-0.2, 0) is 0 Å². The molecule has 0 saturated carbocycles. The van der Waals surface area contributed by atoms with E-state index in [1.54, 1.807) is 0 Å². The van der Waals surface area contributed by atoms with Gasteiger partial charge in [-0.15, -0.1) is 0 Å². The number of benzene rings is 2. The third-order valence-electron chi connectivity index (χ3n) is 2.24. The highest BCUT2D eigenvalue weighted by Crippen LogP contribution is 2.17. The summed E-state index contributed by atoms with van der Waals surface area (Å²) in [6, 6.07) is 22.8. The molecule has 0 heterocycles. The van der Waals surface area contributed by atoms with E-state index in [4.69, 9.17) is 5.26 Å². The molecule has 0 aliphatic rings. The van der Waals surface area contributed by atoms with Gasteiger partial charge in [0.05, 0.1) is 6.07 Å². The first-order chi connectivity index (χ1) is 8.38. The second-order valence-corrected chi connectivity index (χ2v) is 3.64. The summed E-state index contributed by atoms with van der Waals surface area (Å²) in [5.74, 6) is 0. The van der Waals surface area contributed by atoms with E-state index in [0.717, 1.165) is 6.42 Å². The Morgan fingerprint density at radius 3 is 1.47 bits per heavy atom. The average Bonchev–Trinajstić information content (AvgIpc) is 2.42. The molecule has 0 spiro atoms. The van der Waals surface area contributed by atoms with Gasteiger partial charge in [-0.25, -0.2) is 0 Å². The van der Waals surface area contributed by atoms with Gasteiger partial charge < -0.3 is 0 Å². The third kappa shape index (κ3) is 4.99. The fourth-order valence-corrected chi connectivity index (χ4v) is 1.37. The summed E-state index contributed by atoms with van der Waals surface area (Å²) in [6.45, 7) is 1.99. The Morgan fingerprint density at radius 1 is 0.824 bits per heavy atom. The van der Waals surface area contributed by atoms with Crippen molar-refractivity contribution in [1.29, 1.82) is 5.26 Å². The largest absolute Gasteiger partial charge is 0.198 e. The van der Waals surface area contributed by atoms with Crippen molar-refractivity contribution in [3.8, 4) is 17.2 Å². The van der Waals surface area contributed by atoms with Gasteiger partial charge in [0, 0.05) is 6.42 Å². The van der Waals surface area contributed by atoms with E-state index in [1.807, 2.05) is 25.1 Å². The van der Waals surface area contributed by atoms with Crippen LogP contribution in [0.15, 0.2) is 60.7 Å². The van der Waals surface area contributed by atoms with Gasteiger partial charge >= 0.3 is 0 Å². The first-order valence-electron chi connectivity index (χ1n) is 5.86. The molecule has 0 saturated heterocycles. The van der Waals surface area contributed by atoms with Crippen molar-refractivity contribution >= 4 is 0 Å². The maximum absolute atomic E-state index is 7.82. The predicted octanol–water partition coefficient (Wildman–Crippen LogP) is 4.66. The van der Waals surface area contributed by atoms with Crippen molar-refractivity contribution < 1.29 is 0 Å². The first-order valence-corrected chi connectivity index (χ1v) is 5.86. The molecule has 0 N–H and O–H groups in total. The van der Waals surface area contributed by atoms with Crippen molar-refractivity contribution in [3.05, 3.63) is 60.7 Å². The zero-order valence-corrected chi connectivity index (χ0v) is 10.1. The molecule has 2 aromatic carbocycles. The van der Waals surface area contributed by atoms with Crippen LogP contribution in [0.3, 0.4) is 0 Å². The van der Waals surface area contributed by atoms with Gasteiger partial charge in [-0.1, -0.05) is 67.6 Å². The lowest BCUT2D eigenvalue weighted by atomic mass is 10.1. The Labute approximate surface area is 103 Å². The normalized spacial score (nSPS) is 8.71. The molecule has 2 rings (SSSR count). The highest BCUT2D eigenvalue weighted by Gasteiger charge is 1.91. The second-order valence-electron chi connectivity index (χ2n) is 3.64. The molecule has 1 heteroatoms. The fraction of sp³-hybridized carbons (Fsp3) is 0.188. The SMILES string of the molecule is CCCC#N.c1ccc(-c2ccccc2)cc1. The standard InChI is InChI=1S/C12H10.C4H7N/c1-3-7-11(8-4-1)12-9-5-2-6-10-12;1-2-3-4-5/h1-10H;2-3H2,1H3. The minimum absolute atomic E-state index is 0.694. The predicted molar refractivity (Wildman–Crippen MR) is 72.4 cm³/mol. The molecule has 17 heavy (non-hydrogen) atoms. The summed E-state index contributed by atoms with van der Waals surface area (Å²) < 4.78 is 0. The second kappa shape index (κ2) is 8.13. The van der Waals surface area contributed by atoms with Crippen LogP contribution in [0.5, 0.6) is 0 Å². The molecule has 0 fully saturated rings. The van der Waals surface area contributed by atoms with Crippen LogP contribution in [0, 0.1) is 11.3 Å². The lowest BCUT2D eigenvalue weighted by Crippen LogP contribution is -1.73. The maximum atomic E-state index is 7.82. The zero-order chi connectivity index (χ0) is 12.3. The van der Waals surface area contributed by atoms with Gasteiger partial charge in [0.1, 0.15) is 0 Å². The third-order valence-corrected chi connectivity index (χ3v) is 2.24. The van der Waals surface area contributed by atoms with E-state index < -0.39 is 0 Å². The Morgan fingerprint density at radius 2 is 1.24 bits per heavy atom. The smallest absolute Gasteiger partial charge is 0.0621 e. The van der Waals surface area contributed by atoms with Crippen LogP contribution >= 0.6 is 0 Å². The Bertz CT molecular complexity index is 402. The number of hydrogen-bond donors (Lipinski definition) is 0. The molecule has 0 atom stereocenters. The van der Waals surface area contributed by atoms with E-state index in [1.165, 1.54) is 11.1 Å². The molecule has 0 amide bonds. The van der Waals surface area contributed by atoms with Crippen LogP contribution in [-0.4, -0.2) is 0 Å². The zero-order valence-electron chi connectivity index (χ0n) is 10.1. The number of nitrogens with zero attached hydrogens (tertiary/aromatic N) is 1. The monoisotopic (exact) mass is 223 g/mol. The molecule has 86 valence electrons. The molecule has 0 radical (unpaired) electrons. The van der Waals surface area contributed by atoms with Crippen LogP contribution in [0.4, 0.5) is 0 Å². The lowest BCUT2D eigenvalue weighted by Gasteiger charge is -1.98. The summed E-state index contributed by atoms with van der Waals surface area (Å²) in [7, 11) is 0. The van der Waals surface area contributed by atoms with Crippen LogP contribution in [0.25, 0.3) is 11.1 Å². The molecule has 2 aromatic rings. The maximum Gasteiger partial charge on any atom is 0.0621 e. The van der Waals surface area contributed by atoms with Crippen LogP contribution < -0.4 is 0 Å². The van der Waals surface area contributed by atoms with Crippen molar-refractivity contribution in [3.63, 3.8) is 0 Å². The van der Waals surface area contributed by atoms with Gasteiger partial charge in [0.15, 0.2) is 0 Å². The molecule has 0 bridgehead atoms. The summed E-state index contributed by atoms with van der Waals surface area (Å²) in [5.41, 5.74) is 2.55. The van der Waals surface area contributed by atoms with Crippen LogP contribution in [0.1, 0.15) is 19.8 Å². The number of unbranched alkanes of at least 4 members (excludes halogenated alkanes) is 1. The summed E-state index contributed by atoms with van der Waals surface area (Å²) in [4.78, 5) is 0. The molecule has 1 nitrogen and oxygen atoms in total. The topological polar surface area (TPSA) is 23.8 Å². The molecular formula is C16H17N. The molecule has 0 aromatic heterocycles. The lowest BCUT2D eigenvalue weighted by molar-refractivity contribution is 0.969. The van der Waals surface area contributed by atoms with Gasteiger partial charge in [0.25, 0.3) is 0 Å². The Hall–Kier alpha value is -2.07. The fourth-order valence-electron chi connectivity index (χ4n) is 1.37. The minimum Gasteiger partial charge on any atom is -0.198 e. The highest BCUT2D eigenvalue weighted by atomic mass is 14.2. The van der Waals surface area contributed by atoms with E-state index >= 15 is 0 Å². The molecule has 0 unspecified atom stereocenters. The molecular weight excluding hydrogens is 206 g/mol. The Balaban J connectivity index is 0.000000249. The van der Waals surface area contributed by atoms with Gasteiger partial charge in [-0.3, -0.25) is 0 Å². The number of nitriles is 1. The van der Waals surface area contributed by atoms with Crippen molar-refractivity contribution in [2.45, 2.75) is 19.8 Å². The van der Waals surface area contributed by atoms with Crippen molar-refractivity contribution in [1.82, 2.24) is 0 Å². The van der Waals surface area contributed by atoms with E-state index in [2.05, 4.69) is 48.5 Å². The number of hydrogen-bond acceptors (Lipinski definition) is 1. The molecule has 0 aliphatic carbocycles. The summed E-state index contributed by atoms with van der Waals surface area (Å²) in [5, 5.41) is 7.82. The minimum atomic E-state index is 0.694. The summed E-state index contributed by atoms with van der Waals surface area (Å²) >= 11 is 0. The molecule has 0 aliphatic heterocycles. The first kappa shape index (κ1) is 13.0. The van der Waals surface area contributed by atoms with Crippen molar-refractivity contribution in [2.24, 2.45) is 0 Å². The van der Waals surface area contributed by atoms with Crippen LogP contribution in [0.2, 0.25) is 0 Å². The average molecular weight is 223 g/mol. The van der Waals surface area contributed by atoms with E-state index in [0.29, 0.717) is 6.42 Å². The van der Waals surface area contributed by atoms with E-state index in [9.17, 15) is 0 Å². The quantitative estimate of drug-likeness (QED) is 0.726. The summed E-state index contributed by atoms with van der Waals surface area (Å²) in [6.07, 6.45) is 1.68.